The van der Waals surface area contributed by atoms with Gasteiger partial charge in [-0.05, 0) is 23.1 Å². The lowest BCUT2D eigenvalue weighted by Gasteiger charge is -2.32. The topological polar surface area (TPSA) is 32.3 Å². The summed E-state index contributed by atoms with van der Waals surface area (Å²) in [5.41, 5.74) is 1.06. The molecule has 3 heteroatoms. The Morgan fingerprint density at radius 1 is 1.25 bits per heavy atom. The summed E-state index contributed by atoms with van der Waals surface area (Å²) in [5.74, 6) is -0.224. The molecule has 90 valence electrons. The Kier molecular flexibility index (Phi) is 4.44. The van der Waals surface area contributed by atoms with Gasteiger partial charge in [-0.15, -0.1) is 0 Å². The number of hydrogen-bond donors (Lipinski definition) is 2. The molecule has 0 aliphatic rings. The van der Waals surface area contributed by atoms with Gasteiger partial charge in [-0.1, -0.05) is 32.9 Å². The van der Waals surface area contributed by atoms with Crippen LogP contribution in [0.25, 0.3) is 0 Å². The number of halogens is 1. The average molecular weight is 225 g/mol. The summed E-state index contributed by atoms with van der Waals surface area (Å²) in [4.78, 5) is 0. The predicted octanol–water partition coefficient (Wildman–Crippen LogP) is 2.49. The summed E-state index contributed by atoms with van der Waals surface area (Å²) < 4.78 is 12.8. The molecule has 1 atom stereocenters. The molecule has 0 amide bonds. The van der Waals surface area contributed by atoms with Gasteiger partial charge in [0.25, 0.3) is 0 Å². The van der Waals surface area contributed by atoms with Crippen LogP contribution < -0.4 is 5.32 Å². The first kappa shape index (κ1) is 13.1. The molecule has 0 fully saturated rings. The van der Waals surface area contributed by atoms with Crippen LogP contribution in [0.4, 0.5) is 4.39 Å². The molecular formula is C13H20FNO. The normalized spacial score (nSPS) is 13.8. The van der Waals surface area contributed by atoms with E-state index in [9.17, 15) is 4.39 Å². The number of benzene rings is 1. The van der Waals surface area contributed by atoms with Crippen molar-refractivity contribution in [1.29, 1.82) is 0 Å². The van der Waals surface area contributed by atoms with E-state index in [-0.39, 0.29) is 23.9 Å². The van der Waals surface area contributed by atoms with Crippen molar-refractivity contribution in [3.8, 4) is 0 Å². The molecule has 0 heterocycles. The van der Waals surface area contributed by atoms with Crippen LogP contribution in [0.2, 0.25) is 0 Å². The van der Waals surface area contributed by atoms with Crippen LogP contribution >= 0.6 is 0 Å². The van der Waals surface area contributed by atoms with E-state index >= 15 is 0 Å². The van der Waals surface area contributed by atoms with Crippen LogP contribution in [0, 0.1) is 11.2 Å². The van der Waals surface area contributed by atoms with Crippen molar-refractivity contribution in [3.05, 3.63) is 35.6 Å². The molecule has 0 aromatic heterocycles. The van der Waals surface area contributed by atoms with E-state index in [4.69, 9.17) is 5.11 Å². The summed E-state index contributed by atoms with van der Waals surface area (Å²) in [7, 11) is 0. The Bertz CT molecular complexity index is 316. The van der Waals surface area contributed by atoms with E-state index in [1.165, 1.54) is 12.1 Å². The molecule has 0 bridgehead atoms. The van der Waals surface area contributed by atoms with E-state index in [1.807, 2.05) is 0 Å². The van der Waals surface area contributed by atoms with Gasteiger partial charge < -0.3 is 10.4 Å². The molecule has 0 unspecified atom stereocenters. The zero-order valence-corrected chi connectivity index (χ0v) is 10.1. The minimum Gasteiger partial charge on any atom is -0.395 e. The first-order chi connectivity index (χ1) is 7.45. The average Bonchev–Trinajstić information content (AvgIpc) is 2.19. The molecule has 0 radical (unpaired) electrons. The Labute approximate surface area is 96.5 Å². The summed E-state index contributed by atoms with van der Waals surface area (Å²) >= 11 is 0. The van der Waals surface area contributed by atoms with Gasteiger partial charge in [0, 0.05) is 12.6 Å². The minimum atomic E-state index is -0.224. The van der Waals surface area contributed by atoms with E-state index in [1.54, 1.807) is 12.1 Å². The highest BCUT2D eigenvalue weighted by molar-refractivity contribution is 5.21. The van der Waals surface area contributed by atoms with Gasteiger partial charge in [-0.25, -0.2) is 4.39 Å². The highest BCUT2D eigenvalue weighted by Gasteiger charge is 2.25. The zero-order valence-electron chi connectivity index (χ0n) is 10.1. The van der Waals surface area contributed by atoms with Gasteiger partial charge in [0.05, 0.1) is 6.61 Å². The third kappa shape index (κ3) is 3.58. The monoisotopic (exact) mass is 225 g/mol. The number of aliphatic hydroxyl groups is 1. The van der Waals surface area contributed by atoms with Crippen LogP contribution in [0.15, 0.2) is 24.3 Å². The van der Waals surface area contributed by atoms with Crippen molar-refractivity contribution in [1.82, 2.24) is 5.32 Å². The summed E-state index contributed by atoms with van der Waals surface area (Å²) in [6.45, 7) is 7.00. The standard InChI is InChI=1S/C13H20FNO/c1-13(2,3)12(15-8-9-16)10-4-6-11(14)7-5-10/h4-7,12,15-16H,8-9H2,1-3H3/t12-/m0/s1. The minimum absolute atomic E-state index is 0.0208. The van der Waals surface area contributed by atoms with E-state index in [2.05, 4.69) is 26.1 Å². The van der Waals surface area contributed by atoms with Crippen LogP contribution in [-0.4, -0.2) is 18.3 Å². The fourth-order valence-electron chi connectivity index (χ4n) is 1.79. The number of nitrogens with one attached hydrogen (secondary N) is 1. The Morgan fingerprint density at radius 2 is 1.81 bits per heavy atom. The van der Waals surface area contributed by atoms with Gasteiger partial charge >= 0.3 is 0 Å². The molecule has 0 saturated heterocycles. The first-order valence-corrected chi connectivity index (χ1v) is 5.55. The van der Waals surface area contributed by atoms with Crippen molar-refractivity contribution >= 4 is 0 Å². The summed E-state index contributed by atoms with van der Waals surface area (Å²) in [6, 6.07) is 6.62. The predicted molar refractivity (Wildman–Crippen MR) is 63.7 cm³/mol. The van der Waals surface area contributed by atoms with E-state index < -0.39 is 0 Å². The fourth-order valence-corrected chi connectivity index (χ4v) is 1.79. The third-order valence-corrected chi connectivity index (χ3v) is 2.53. The van der Waals surface area contributed by atoms with Crippen LogP contribution in [0.1, 0.15) is 32.4 Å². The molecule has 1 aromatic rings. The molecule has 2 N–H and O–H groups in total. The first-order valence-electron chi connectivity index (χ1n) is 5.55. The number of hydrogen-bond acceptors (Lipinski definition) is 2. The Hall–Kier alpha value is -0.930. The van der Waals surface area contributed by atoms with Crippen molar-refractivity contribution in [2.24, 2.45) is 5.41 Å². The molecule has 0 saturated carbocycles. The molecule has 2 nitrogen and oxygen atoms in total. The number of aliphatic hydroxyl groups excluding tert-OH is 1. The zero-order chi connectivity index (χ0) is 12.2. The molecule has 0 aliphatic carbocycles. The van der Waals surface area contributed by atoms with Crippen LogP contribution in [0.5, 0.6) is 0 Å². The van der Waals surface area contributed by atoms with Gasteiger partial charge in [0.15, 0.2) is 0 Å². The molecule has 0 aliphatic heterocycles. The molecule has 1 rings (SSSR count). The second-order valence-electron chi connectivity index (χ2n) is 5.03. The highest BCUT2D eigenvalue weighted by atomic mass is 19.1. The maximum absolute atomic E-state index is 12.8. The SMILES string of the molecule is CC(C)(C)[C@@H](NCCO)c1ccc(F)cc1. The molecule has 16 heavy (non-hydrogen) atoms. The van der Waals surface area contributed by atoms with Crippen LogP contribution in [0.3, 0.4) is 0 Å². The van der Waals surface area contributed by atoms with E-state index in [0.29, 0.717) is 6.54 Å². The lowest BCUT2D eigenvalue weighted by molar-refractivity contribution is 0.235. The second kappa shape index (κ2) is 5.41. The maximum Gasteiger partial charge on any atom is 0.123 e. The van der Waals surface area contributed by atoms with Gasteiger partial charge in [-0.3, -0.25) is 0 Å². The van der Waals surface area contributed by atoms with Crippen molar-refractivity contribution in [3.63, 3.8) is 0 Å². The van der Waals surface area contributed by atoms with Crippen molar-refractivity contribution in [2.45, 2.75) is 26.8 Å². The van der Waals surface area contributed by atoms with Gasteiger partial charge in [0.1, 0.15) is 5.82 Å². The fraction of sp³-hybridized carbons (Fsp3) is 0.538. The van der Waals surface area contributed by atoms with E-state index in [0.717, 1.165) is 5.56 Å². The summed E-state index contributed by atoms with van der Waals surface area (Å²) in [5, 5.41) is 12.1. The maximum atomic E-state index is 12.8. The summed E-state index contributed by atoms with van der Waals surface area (Å²) in [6.07, 6.45) is 0. The van der Waals surface area contributed by atoms with Crippen LogP contribution in [-0.2, 0) is 0 Å². The number of rotatable bonds is 4. The Morgan fingerprint density at radius 3 is 2.25 bits per heavy atom. The van der Waals surface area contributed by atoms with Crippen molar-refractivity contribution < 1.29 is 9.50 Å². The largest absolute Gasteiger partial charge is 0.395 e. The quantitative estimate of drug-likeness (QED) is 0.825. The van der Waals surface area contributed by atoms with Gasteiger partial charge in [-0.2, -0.15) is 0 Å². The lowest BCUT2D eigenvalue weighted by atomic mass is 9.82. The smallest absolute Gasteiger partial charge is 0.123 e. The molecule has 0 spiro atoms. The molecular weight excluding hydrogens is 205 g/mol. The Balaban J connectivity index is 2.88. The highest BCUT2D eigenvalue weighted by Crippen LogP contribution is 2.32. The third-order valence-electron chi connectivity index (χ3n) is 2.53. The second-order valence-corrected chi connectivity index (χ2v) is 5.03. The molecule has 1 aromatic carbocycles. The van der Waals surface area contributed by atoms with Gasteiger partial charge in [0.2, 0.25) is 0 Å². The lowest BCUT2D eigenvalue weighted by Crippen LogP contribution is -2.34. The van der Waals surface area contributed by atoms with Crippen molar-refractivity contribution in [2.75, 3.05) is 13.2 Å².